The Kier molecular flexibility index (Phi) is 8.02. The smallest absolute Gasteiger partial charge is 0.344 e. The first-order valence-corrected chi connectivity index (χ1v) is 13.6. The van der Waals surface area contributed by atoms with Gasteiger partial charge in [-0.25, -0.2) is 9.78 Å². The van der Waals surface area contributed by atoms with Gasteiger partial charge in [0.1, 0.15) is 5.58 Å². The highest BCUT2D eigenvalue weighted by Gasteiger charge is 2.20. The minimum Gasteiger partial charge on any atom is -0.490 e. The van der Waals surface area contributed by atoms with Gasteiger partial charge in [0.05, 0.1) is 23.7 Å². The van der Waals surface area contributed by atoms with Crippen LogP contribution in [0.5, 0.6) is 11.5 Å². The third kappa shape index (κ3) is 5.78. The van der Waals surface area contributed by atoms with Gasteiger partial charge in [0, 0.05) is 15.4 Å². The molecule has 1 N–H and O–H groups in total. The van der Waals surface area contributed by atoms with Crippen molar-refractivity contribution in [2.45, 2.75) is 26.4 Å². The summed E-state index contributed by atoms with van der Waals surface area (Å²) in [4.78, 5) is 29.8. The Morgan fingerprint density at radius 1 is 1.22 bits per heavy atom. The molecule has 10 heteroatoms. The maximum Gasteiger partial charge on any atom is 0.344 e. The van der Waals surface area contributed by atoms with Gasteiger partial charge in [-0.3, -0.25) is 4.79 Å². The summed E-state index contributed by atoms with van der Waals surface area (Å²) in [5.41, 5.74) is 2.05. The van der Waals surface area contributed by atoms with E-state index in [2.05, 4.69) is 27.6 Å². The summed E-state index contributed by atoms with van der Waals surface area (Å²) in [5.74, 6) is 0.193. The highest BCUT2D eigenvalue weighted by Crippen LogP contribution is 2.35. The number of hydrogen-bond donors (Lipinski definition) is 1. The Bertz CT molecular complexity index is 1870. The number of benzene rings is 3. The zero-order valence-corrected chi connectivity index (χ0v) is 23.9. The van der Waals surface area contributed by atoms with Crippen LogP contribution in [0.2, 0.25) is 0 Å². The number of carboxylic acids is 1. The number of halogens is 1. The van der Waals surface area contributed by atoms with E-state index in [1.165, 1.54) is 17.8 Å². The average molecular weight is 616 g/mol. The van der Waals surface area contributed by atoms with E-state index >= 15 is 0 Å². The molecule has 0 bridgehead atoms. The zero-order valence-electron chi connectivity index (χ0n) is 22.3. The fourth-order valence-electron chi connectivity index (χ4n) is 4.33. The molecule has 0 saturated heterocycles. The van der Waals surface area contributed by atoms with Gasteiger partial charge < -0.3 is 19.0 Å². The lowest BCUT2D eigenvalue weighted by molar-refractivity contribution is -0.144. The van der Waals surface area contributed by atoms with Crippen LogP contribution in [0.15, 0.2) is 92.1 Å². The molecule has 0 radical (unpaired) electrons. The number of carboxylic acid groups (broad SMARTS) is 1. The molecule has 0 amide bonds. The van der Waals surface area contributed by atoms with Crippen LogP contribution >= 0.6 is 15.9 Å². The molecule has 0 aliphatic rings. The van der Waals surface area contributed by atoms with Crippen LogP contribution in [0, 0.1) is 0 Å². The van der Waals surface area contributed by atoms with Crippen LogP contribution in [-0.2, 0) is 11.2 Å². The number of aliphatic carboxylic acids is 1. The summed E-state index contributed by atoms with van der Waals surface area (Å²) in [6.07, 6.45) is 2.49. The van der Waals surface area contributed by atoms with Gasteiger partial charge in [0.15, 0.2) is 23.4 Å². The van der Waals surface area contributed by atoms with Crippen molar-refractivity contribution in [3.63, 3.8) is 0 Å². The van der Waals surface area contributed by atoms with Gasteiger partial charge >= 0.3 is 5.97 Å². The van der Waals surface area contributed by atoms with Crippen molar-refractivity contribution in [1.29, 1.82) is 0 Å². The Labute approximate surface area is 243 Å². The van der Waals surface area contributed by atoms with E-state index < -0.39 is 12.1 Å². The van der Waals surface area contributed by atoms with E-state index in [0.29, 0.717) is 57.9 Å². The molecular weight excluding hydrogens is 590 g/mol. The van der Waals surface area contributed by atoms with Crippen LogP contribution in [0.3, 0.4) is 0 Å². The third-order valence-corrected chi connectivity index (χ3v) is 6.73. The molecule has 0 unspecified atom stereocenters. The molecule has 1 atom stereocenters. The van der Waals surface area contributed by atoms with E-state index in [-0.39, 0.29) is 11.4 Å². The number of allylic oxidation sites excluding steroid dienone is 1. The molecule has 5 rings (SSSR count). The maximum absolute atomic E-state index is 13.6. The summed E-state index contributed by atoms with van der Waals surface area (Å²) in [6, 6.07) is 17.9. The molecule has 3 aromatic carbocycles. The molecule has 2 aromatic heterocycles. The Morgan fingerprint density at radius 2 is 2.02 bits per heavy atom. The molecule has 5 aromatic rings. The lowest BCUT2D eigenvalue weighted by atomic mass is 10.1. The minimum absolute atomic E-state index is 0.240. The third-order valence-electron chi connectivity index (χ3n) is 6.24. The quantitative estimate of drug-likeness (QED) is 0.142. The van der Waals surface area contributed by atoms with E-state index in [1.807, 2.05) is 37.3 Å². The van der Waals surface area contributed by atoms with Gasteiger partial charge in [0.2, 0.25) is 5.82 Å². The fraction of sp³-hybridized carbons (Fsp3) is 0.161. The fourth-order valence-corrected chi connectivity index (χ4v) is 4.71. The second kappa shape index (κ2) is 11.8. The average Bonchev–Trinajstić information content (AvgIpc) is 3.37. The van der Waals surface area contributed by atoms with Gasteiger partial charge in [-0.1, -0.05) is 34.1 Å². The number of nitrogens with zero attached hydrogens (tertiary/aromatic N) is 3. The number of ether oxygens (including phenoxy) is 2. The van der Waals surface area contributed by atoms with Crippen molar-refractivity contribution < 1.29 is 23.8 Å². The van der Waals surface area contributed by atoms with Crippen LogP contribution in [0.4, 0.5) is 0 Å². The second-order valence-electron chi connectivity index (χ2n) is 9.14. The normalized spacial score (nSPS) is 12.2. The molecule has 0 saturated carbocycles. The lowest BCUT2D eigenvalue weighted by Gasteiger charge is -2.18. The summed E-state index contributed by atoms with van der Waals surface area (Å²) < 4.78 is 19.7. The first-order chi connectivity index (χ1) is 19.8. The van der Waals surface area contributed by atoms with Crippen molar-refractivity contribution in [3.8, 4) is 23.1 Å². The molecule has 0 fully saturated rings. The SMILES string of the molecule is C=CCc1cc(C=Nn2c(-c3cc4cc(Br)ccc4o3)nc3ccccc3c2=O)cc(OCC)c1O[C@@H](C)C(=O)O. The Hall–Kier alpha value is -4.70. The van der Waals surface area contributed by atoms with E-state index in [0.717, 1.165) is 9.86 Å². The standard InChI is InChI=1S/C31H26BrN3O6/c1-4-8-20-13-19(14-26(39-5-2)28(20)40-18(3)31(37)38)17-33-35-29(34-24-10-7-6-9-23(24)30(35)36)27-16-21-15-22(32)11-12-25(21)41-27/h4,6-7,9-18H,1,5,8H2,2-3H3,(H,37,38)/t18-/m0/s1. The molecule has 0 aliphatic heterocycles. The van der Waals surface area contributed by atoms with E-state index in [9.17, 15) is 14.7 Å². The van der Waals surface area contributed by atoms with Crippen LogP contribution in [0.1, 0.15) is 25.0 Å². The van der Waals surface area contributed by atoms with Crippen molar-refractivity contribution in [3.05, 3.63) is 99.3 Å². The van der Waals surface area contributed by atoms with Crippen LogP contribution in [-0.4, -0.2) is 39.7 Å². The van der Waals surface area contributed by atoms with Crippen molar-refractivity contribution in [1.82, 2.24) is 9.66 Å². The number of rotatable bonds is 10. The van der Waals surface area contributed by atoms with Gasteiger partial charge in [-0.15, -0.1) is 6.58 Å². The highest BCUT2D eigenvalue weighted by molar-refractivity contribution is 9.10. The first kappa shape index (κ1) is 27.9. The Morgan fingerprint density at radius 3 is 2.78 bits per heavy atom. The zero-order chi connectivity index (χ0) is 29.1. The molecule has 9 nitrogen and oxygen atoms in total. The molecule has 0 aliphatic carbocycles. The number of carbonyl (C=O) groups is 1. The number of aromatic nitrogens is 2. The topological polar surface area (TPSA) is 116 Å². The summed E-state index contributed by atoms with van der Waals surface area (Å²) >= 11 is 3.48. The van der Waals surface area contributed by atoms with Crippen molar-refractivity contribution in [2.75, 3.05) is 6.61 Å². The minimum atomic E-state index is -1.10. The monoisotopic (exact) mass is 615 g/mol. The Balaban J connectivity index is 1.66. The van der Waals surface area contributed by atoms with Crippen LogP contribution in [0.25, 0.3) is 33.5 Å². The first-order valence-electron chi connectivity index (χ1n) is 12.8. The van der Waals surface area contributed by atoms with E-state index in [4.69, 9.17) is 18.9 Å². The number of fused-ring (bicyclic) bond motifs is 2. The van der Waals surface area contributed by atoms with Gasteiger partial charge in [-0.05, 0) is 74.4 Å². The number of furan rings is 1. The molecule has 208 valence electrons. The summed E-state index contributed by atoms with van der Waals surface area (Å²) in [5, 5.41) is 15.2. The van der Waals surface area contributed by atoms with Crippen molar-refractivity contribution >= 4 is 50.0 Å². The lowest BCUT2D eigenvalue weighted by Crippen LogP contribution is -2.24. The van der Waals surface area contributed by atoms with Crippen LogP contribution < -0.4 is 15.0 Å². The maximum atomic E-state index is 13.6. The summed E-state index contributed by atoms with van der Waals surface area (Å²) in [6.45, 7) is 7.39. The van der Waals surface area contributed by atoms with E-state index in [1.54, 1.807) is 36.4 Å². The van der Waals surface area contributed by atoms with Gasteiger partial charge in [-0.2, -0.15) is 9.78 Å². The molecule has 2 heterocycles. The highest BCUT2D eigenvalue weighted by atomic mass is 79.9. The molecular formula is C31H26BrN3O6. The predicted molar refractivity (Wildman–Crippen MR) is 161 cm³/mol. The van der Waals surface area contributed by atoms with Gasteiger partial charge in [0.25, 0.3) is 5.56 Å². The molecule has 0 spiro atoms. The molecule has 41 heavy (non-hydrogen) atoms. The summed E-state index contributed by atoms with van der Waals surface area (Å²) in [7, 11) is 0. The van der Waals surface area contributed by atoms with Crippen molar-refractivity contribution in [2.24, 2.45) is 5.10 Å². The second-order valence-corrected chi connectivity index (χ2v) is 10.1. The predicted octanol–water partition coefficient (Wildman–Crippen LogP) is 6.43. The largest absolute Gasteiger partial charge is 0.490 e. The number of para-hydroxylation sites is 1. The number of hydrogen-bond acceptors (Lipinski definition) is 7.